The van der Waals surface area contributed by atoms with E-state index < -0.39 is 17.4 Å². The average molecular weight is 574 g/mol. The lowest BCUT2D eigenvalue weighted by atomic mass is 9.97. The molecule has 0 saturated carbocycles. The van der Waals surface area contributed by atoms with Crippen molar-refractivity contribution in [3.63, 3.8) is 0 Å². The summed E-state index contributed by atoms with van der Waals surface area (Å²) in [5, 5.41) is 6.79. The monoisotopic (exact) mass is 573 g/mol. The molecule has 1 atom stereocenters. The van der Waals surface area contributed by atoms with Gasteiger partial charge in [-0.2, -0.15) is 0 Å². The second-order valence-corrected chi connectivity index (χ2v) is 11.5. The van der Waals surface area contributed by atoms with Crippen LogP contribution in [0.25, 0.3) is 5.65 Å². The maximum Gasteiger partial charge on any atom is 0.338 e. The van der Waals surface area contributed by atoms with Crippen LogP contribution in [0.2, 0.25) is 5.02 Å². The number of hydrogen-bond donors (Lipinski definition) is 3. The van der Waals surface area contributed by atoms with Gasteiger partial charge in [-0.3, -0.25) is 9.59 Å². The number of benzene rings is 2. The number of esters is 1. The fourth-order valence-corrected chi connectivity index (χ4v) is 5.39. The van der Waals surface area contributed by atoms with Crippen molar-refractivity contribution in [1.29, 1.82) is 0 Å². The number of rotatable bonds is 7. The molecule has 1 aliphatic rings. The summed E-state index contributed by atoms with van der Waals surface area (Å²) in [6.45, 7) is 7.91. The number of para-hydroxylation sites is 1. The van der Waals surface area contributed by atoms with Crippen LogP contribution in [0.5, 0.6) is 0 Å². The molecule has 1 unspecified atom stereocenters. The van der Waals surface area contributed by atoms with Crippen LogP contribution >= 0.6 is 11.6 Å². The molecule has 10 heteroatoms. The average Bonchev–Trinajstić information content (AvgIpc) is 3.52. The Morgan fingerprint density at radius 2 is 1.88 bits per heavy atom. The van der Waals surface area contributed by atoms with Gasteiger partial charge in [0, 0.05) is 24.5 Å². The molecule has 2 amide bonds. The van der Waals surface area contributed by atoms with Crippen LogP contribution in [0.15, 0.2) is 54.7 Å². The molecule has 0 bridgehead atoms. The van der Waals surface area contributed by atoms with Crippen molar-refractivity contribution in [2.75, 3.05) is 5.32 Å². The Hall–Kier alpha value is -4.21. The quantitative estimate of drug-likeness (QED) is 0.255. The number of nitrogens with one attached hydrogen (secondary N) is 2. The van der Waals surface area contributed by atoms with E-state index in [-0.39, 0.29) is 23.3 Å². The fourth-order valence-electron chi connectivity index (χ4n) is 5.21. The highest BCUT2D eigenvalue weighted by molar-refractivity contribution is 6.34. The predicted molar refractivity (Wildman–Crippen MR) is 157 cm³/mol. The lowest BCUT2D eigenvalue weighted by Gasteiger charge is -2.21. The van der Waals surface area contributed by atoms with Gasteiger partial charge in [-0.25, -0.2) is 9.78 Å². The van der Waals surface area contributed by atoms with Crippen LogP contribution in [-0.4, -0.2) is 32.8 Å². The van der Waals surface area contributed by atoms with Crippen LogP contribution in [0.3, 0.4) is 0 Å². The maximum atomic E-state index is 13.1. The summed E-state index contributed by atoms with van der Waals surface area (Å²) in [5.74, 6) is -1.42. The predicted octanol–water partition coefficient (Wildman–Crippen LogP) is 5.38. The first kappa shape index (κ1) is 28.3. The number of ether oxygens (including phenoxy) is 1. The normalized spacial score (nSPS) is 14.6. The highest BCUT2D eigenvalue weighted by Gasteiger charge is 2.28. The summed E-state index contributed by atoms with van der Waals surface area (Å²) < 4.78 is 7.36. The number of nitrogens with two attached hydrogens (primary N) is 1. The number of halogens is 1. The maximum absolute atomic E-state index is 13.1. The molecule has 0 spiro atoms. The molecule has 41 heavy (non-hydrogen) atoms. The number of nitrogens with zero attached hydrogens (tertiary/aromatic N) is 2. The van der Waals surface area contributed by atoms with Gasteiger partial charge in [0.1, 0.15) is 11.3 Å². The second kappa shape index (κ2) is 11.0. The fraction of sp³-hybridized carbons (Fsp3) is 0.290. The van der Waals surface area contributed by atoms with Gasteiger partial charge in [-0.15, -0.1) is 0 Å². The van der Waals surface area contributed by atoms with Crippen LogP contribution in [0, 0.1) is 6.92 Å². The molecule has 4 N–H and O–H groups in total. The van der Waals surface area contributed by atoms with Crippen LogP contribution in [0.4, 0.5) is 5.69 Å². The molecule has 0 fully saturated rings. The highest BCUT2D eigenvalue weighted by atomic mass is 35.5. The number of primary amides is 1. The number of carbonyl (C=O) groups excluding carboxylic acids is 3. The van der Waals surface area contributed by atoms with E-state index in [0.29, 0.717) is 28.5 Å². The smallest absolute Gasteiger partial charge is 0.338 e. The van der Waals surface area contributed by atoms with E-state index in [9.17, 15) is 14.4 Å². The molecule has 4 aromatic rings. The number of anilines is 1. The van der Waals surface area contributed by atoms with Crippen LogP contribution < -0.4 is 16.4 Å². The van der Waals surface area contributed by atoms with Gasteiger partial charge < -0.3 is 25.5 Å². The minimum absolute atomic E-state index is 0.0372. The molecule has 0 saturated heterocycles. The molecule has 0 aliphatic heterocycles. The number of fused-ring (bicyclic) bond motifs is 2. The SMILES string of the molecule is Cc1c(C(=O)OC(C)(C)C)ccc2c1CCC2NCc1cc(C(N)=O)nc2c(C(=O)Nc3ccccc3Cl)ccn12. The topological polar surface area (TPSA) is 128 Å². The Labute approximate surface area is 243 Å². The summed E-state index contributed by atoms with van der Waals surface area (Å²) in [6, 6.07) is 14.1. The van der Waals surface area contributed by atoms with E-state index in [4.69, 9.17) is 22.1 Å². The third-order valence-corrected chi connectivity index (χ3v) is 7.49. The zero-order valence-corrected chi connectivity index (χ0v) is 24.1. The van der Waals surface area contributed by atoms with E-state index in [2.05, 4.69) is 15.6 Å². The molecular weight excluding hydrogens is 542 g/mol. The largest absolute Gasteiger partial charge is 0.456 e. The van der Waals surface area contributed by atoms with Crippen molar-refractivity contribution in [1.82, 2.24) is 14.7 Å². The molecule has 9 nitrogen and oxygen atoms in total. The molecule has 0 radical (unpaired) electrons. The summed E-state index contributed by atoms with van der Waals surface area (Å²) >= 11 is 6.21. The first-order valence-corrected chi connectivity index (χ1v) is 13.8. The Morgan fingerprint density at radius 1 is 1.12 bits per heavy atom. The molecule has 1 aliphatic carbocycles. The van der Waals surface area contributed by atoms with Crippen molar-refractivity contribution in [3.8, 4) is 0 Å². The number of amides is 2. The zero-order chi connectivity index (χ0) is 29.5. The van der Waals surface area contributed by atoms with E-state index in [1.165, 1.54) is 0 Å². The standard InChI is InChI=1S/C31H32ClN5O4/c1-17-19-11-12-24(21(19)10-9-20(17)30(40)41-31(2,3)4)34-16-18-15-26(27(33)38)35-28-22(13-14-37(18)28)29(39)36-25-8-6-5-7-23(25)32/h5-10,13-15,24,34H,11-12,16H2,1-4H3,(H2,33,38)(H,36,39). The highest BCUT2D eigenvalue weighted by Crippen LogP contribution is 2.35. The van der Waals surface area contributed by atoms with Gasteiger partial charge >= 0.3 is 5.97 Å². The first-order chi connectivity index (χ1) is 19.4. The third-order valence-electron chi connectivity index (χ3n) is 7.16. The van der Waals surface area contributed by atoms with Crippen LogP contribution in [-0.2, 0) is 17.7 Å². The van der Waals surface area contributed by atoms with Crippen molar-refractivity contribution in [3.05, 3.63) is 99.0 Å². The van der Waals surface area contributed by atoms with Crippen molar-refractivity contribution in [2.24, 2.45) is 5.73 Å². The summed E-state index contributed by atoms with van der Waals surface area (Å²) in [6.07, 6.45) is 3.41. The number of aromatic nitrogens is 2. The van der Waals surface area contributed by atoms with Gasteiger partial charge in [0.2, 0.25) is 0 Å². The van der Waals surface area contributed by atoms with Gasteiger partial charge in [0.05, 0.1) is 21.8 Å². The summed E-state index contributed by atoms with van der Waals surface area (Å²) in [5.41, 5.74) is 10.7. The Morgan fingerprint density at radius 3 is 2.59 bits per heavy atom. The molecule has 2 aromatic heterocycles. The van der Waals surface area contributed by atoms with Crippen LogP contribution in [0.1, 0.15) is 86.8 Å². The van der Waals surface area contributed by atoms with Crippen molar-refractivity contribution in [2.45, 2.75) is 58.7 Å². The molecule has 2 aromatic carbocycles. The van der Waals surface area contributed by atoms with Crippen molar-refractivity contribution < 1.29 is 19.1 Å². The van der Waals surface area contributed by atoms with Gasteiger partial charge in [0.25, 0.3) is 11.8 Å². The van der Waals surface area contributed by atoms with E-state index in [0.717, 1.165) is 35.2 Å². The van der Waals surface area contributed by atoms with Gasteiger partial charge in [-0.05, 0) is 87.6 Å². The van der Waals surface area contributed by atoms with E-state index >= 15 is 0 Å². The van der Waals surface area contributed by atoms with Crippen molar-refractivity contribution >= 4 is 40.7 Å². The Kier molecular flexibility index (Phi) is 7.59. The van der Waals surface area contributed by atoms with Gasteiger partial charge in [-0.1, -0.05) is 29.8 Å². The number of carbonyl (C=O) groups is 3. The molecule has 212 valence electrons. The minimum atomic E-state index is -0.691. The zero-order valence-electron chi connectivity index (χ0n) is 23.4. The third kappa shape index (κ3) is 5.82. The van der Waals surface area contributed by atoms with E-state index in [1.807, 2.05) is 39.8 Å². The Balaban J connectivity index is 1.40. The number of hydrogen-bond acceptors (Lipinski definition) is 6. The van der Waals surface area contributed by atoms with Gasteiger partial charge in [0.15, 0.2) is 5.65 Å². The minimum Gasteiger partial charge on any atom is -0.456 e. The summed E-state index contributed by atoms with van der Waals surface area (Å²) in [4.78, 5) is 42.4. The lowest BCUT2D eigenvalue weighted by Crippen LogP contribution is -2.25. The molecule has 2 heterocycles. The lowest BCUT2D eigenvalue weighted by molar-refractivity contribution is 0.00684. The van der Waals surface area contributed by atoms with E-state index in [1.54, 1.807) is 47.0 Å². The second-order valence-electron chi connectivity index (χ2n) is 11.1. The first-order valence-electron chi connectivity index (χ1n) is 13.4. The summed E-state index contributed by atoms with van der Waals surface area (Å²) in [7, 11) is 0. The molecular formula is C31H32ClN5O4. The Bertz CT molecular complexity index is 1690. The molecule has 5 rings (SSSR count).